The Hall–Kier alpha value is -6.45. The Bertz CT molecular complexity index is 2830. The molecule has 1 aliphatic carbocycles. The zero-order valence-electron chi connectivity index (χ0n) is 28.4. The van der Waals surface area contributed by atoms with Crippen molar-refractivity contribution >= 4 is 32.4 Å². The molecule has 0 unspecified atom stereocenters. The summed E-state index contributed by atoms with van der Waals surface area (Å²) in [5.74, 6) is 0.693. The van der Waals surface area contributed by atoms with Gasteiger partial charge in [0.05, 0.1) is 16.9 Å². The zero-order chi connectivity index (χ0) is 34.1. The molecule has 0 fully saturated rings. The number of hydrogen-bond acceptors (Lipinski definition) is 3. The minimum absolute atomic E-state index is 0.0889. The minimum atomic E-state index is -0.0889. The first-order valence-electron chi connectivity index (χ1n) is 17.5. The van der Waals surface area contributed by atoms with E-state index < -0.39 is 0 Å². The second-order valence-corrected chi connectivity index (χ2v) is 14.0. The summed E-state index contributed by atoms with van der Waals surface area (Å²) >= 11 is 0. The third kappa shape index (κ3) is 4.62. The summed E-state index contributed by atoms with van der Waals surface area (Å²) in [6.07, 6.45) is 1.85. The molecule has 7 aromatic carbocycles. The minimum Gasteiger partial charge on any atom is -0.256 e. The van der Waals surface area contributed by atoms with E-state index in [0.29, 0.717) is 5.82 Å². The SMILES string of the molecule is CC1(C)c2ccc(-c3ccc(-c4nc(-c5ccccc5)cc(-c5cccc6cccnc56)n4)c4ccccc34)cc2-c2ccc3ccccc3c21. The van der Waals surface area contributed by atoms with Crippen molar-refractivity contribution in [2.75, 3.05) is 0 Å². The maximum atomic E-state index is 5.26. The van der Waals surface area contributed by atoms with Gasteiger partial charge in [0.25, 0.3) is 0 Å². The number of para-hydroxylation sites is 1. The van der Waals surface area contributed by atoms with E-state index in [1.54, 1.807) is 0 Å². The molecule has 0 saturated carbocycles. The van der Waals surface area contributed by atoms with E-state index in [9.17, 15) is 0 Å². The van der Waals surface area contributed by atoms with Crippen LogP contribution < -0.4 is 0 Å². The fourth-order valence-corrected chi connectivity index (χ4v) is 8.30. The molecule has 0 bridgehead atoms. The van der Waals surface area contributed by atoms with Crippen molar-refractivity contribution in [2.24, 2.45) is 0 Å². The molecular weight excluding hydrogens is 619 g/mol. The third-order valence-electron chi connectivity index (χ3n) is 10.7. The third-order valence-corrected chi connectivity index (χ3v) is 10.7. The second-order valence-electron chi connectivity index (χ2n) is 14.0. The van der Waals surface area contributed by atoms with E-state index >= 15 is 0 Å². The molecule has 2 heterocycles. The Morgan fingerprint density at radius 2 is 1.12 bits per heavy atom. The van der Waals surface area contributed by atoms with Crippen LogP contribution in [0, 0.1) is 0 Å². The van der Waals surface area contributed by atoms with E-state index in [2.05, 4.69) is 159 Å². The van der Waals surface area contributed by atoms with E-state index in [0.717, 1.165) is 44.4 Å². The fourth-order valence-electron chi connectivity index (χ4n) is 8.30. The topological polar surface area (TPSA) is 38.7 Å². The fraction of sp³-hybridized carbons (Fsp3) is 0.0625. The number of pyridine rings is 1. The highest BCUT2D eigenvalue weighted by molar-refractivity contribution is 6.06. The number of fused-ring (bicyclic) bond motifs is 7. The zero-order valence-corrected chi connectivity index (χ0v) is 28.4. The molecule has 0 saturated heterocycles. The van der Waals surface area contributed by atoms with Gasteiger partial charge in [-0.3, -0.25) is 4.98 Å². The van der Waals surface area contributed by atoms with Gasteiger partial charge in [-0.25, -0.2) is 9.97 Å². The monoisotopic (exact) mass is 651 g/mol. The molecule has 0 radical (unpaired) electrons. The van der Waals surface area contributed by atoms with Gasteiger partial charge in [0.1, 0.15) is 0 Å². The maximum Gasteiger partial charge on any atom is 0.161 e. The first-order chi connectivity index (χ1) is 25.0. The van der Waals surface area contributed by atoms with Crippen molar-refractivity contribution in [1.29, 1.82) is 0 Å². The van der Waals surface area contributed by atoms with Crippen LogP contribution in [0.4, 0.5) is 0 Å². The molecule has 0 aliphatic heterocycles. The lowest BCUT2D eigenvalue weighted by molar-refractivity contribution is 0.666. The standard InChI is InChI=1S/C48H33N3/c1-48(2)42-26-22-33(28-41(42)38-23-21-30-12-6-7-17-35(30)45(38)48)34-24-25-39(37-19-9-8-18-36(34)37)47-50-43(31-13-4-3-5-14-31)29-44(51-47)40-20-10-15-32-16-11-27-49-46(32)40/h3-29H,1-2H3. The Balaban J connectivity index is 1.16. The maximum absolute atomic E-state index is 5.26. The van der Waals surface area contributed by atoms with E-state index in [1.165, 1.54) is 49.5 Å². The predicted octanol–water partition coefficient (Wildman–Crippen LogP) is 12.3. The Kier molecular flexibility index (Phi) is 6.53. The first kappa shape index (κ1) is 29.5. The van der Waals surface area contributed by atoms with Crippen LogP contribution in [0.15, 0.2) is 164 Å². The van der Waals surface area contributed by atoms with Crippen LogP contribution in [0.1, 0.15) is 25.0 Å². The van der Waals surface area contributed by atoms with Crippen LogP contribution in [0.3, 0.4) is 0 Å². The van der Waals surface area contributed by atoms with Crippen LogP contribution in [0.25, 0.3) is 88.6 Å². The lowest BCUT2D eigenvalue weighted by Crippen LogP contribution is -2.15. The van der Waals surface area contributed by atoms with Crippen LogP contribution >= 0.6 is 0 Å². The Morgan fingerprint density at radius 3 is 1.98 bits per heavy atom. The van der Waals surface area contributed by atoms with Crippen molar-refractivity contribution in [1.82, 2.24) is 15.0 Å². The first-order valence-corrected chi connectivity index (χ1v) is 17.5. The number of hydrogen-bond donors (Lipinski definition) is 0. The van der Waals surface area contributed by atoms with Gasteiger partial charge in [-0.1, -0.05) is 147 Å². The molecule has 9 aromatic rings. The summed E-state index contributed by atoms with van der Waals surface area (Å²) in [5, 5.41) is 6.00. The lowest BCUT2D eigenvalue weighted by atomic mass is 9.80. The molecule has 2 aromatic heterocycles. The molecule has 3 nitrogen and oxygen atoms in total. The highest BCUT2D eigenvalue weighted by Crippen LogP contribution is 2.52. The van der Waals surface area contributed by atoms with Crippen LogP contribution in [0.2, 0.25) is 0 Å². The average molecular weight is 652 g/mol. The summed E-state index contributed by atoms with van der Waals surface area (Å²) in [6.45, 7) is 4.72. The molecular formula is C48H33N3. The molecule has 1 aliphatic rings. The van der Waals surface area contributed by atoms with Crippen LogP contribution in [0.5, 0.6) is 0 Å². The lowest BCUT2D eigenvalue weighted by Gasteiger charge is -2.23. The molecule has 51 heavy (non-hydrogen) atoms. The molecule has 0 spiro atoms. The molecule has 0 atom stereocenters. The summed E-state index contributed by atoms with van der Waals surface area (Å²) in [7, 11) is 0. The van der Waals surface area contributed by atoms with Crippen molar-refractivity contribution in [3.63, 3.8) is 0 Å². The van der Waals surface area contributed by atoms with Crippen LogP contribution in [-0.4, -0.2) is 15.0 Å². The summed E-state index contributed by atoms with van der Waals surface area (Å²) in [6, 6.07) is 56.3. The molecule has 3 heteroatoms. The number of benzene rings is 7. The van der Waals surface area contributed by atoms with E-state index in [1.807, 2.05) is 18.3 Å². The second kappa shape index (κ2) is 11.3. The Morgan fingerprint density at radius 1 is 0.431 bits per heavy atom. The number of aromatic nitrogens is 3. The number of nitrogens with zero attached hydrogens (tertiary/aromatic N) is 3. The van der Waals surface area contributed by atoms with Gasteiger partial charge in [-0.05, 0) is 79.2 Å². The predicted molar refractivity (Wildman–Crippen MR) is 212 cm³/mol. The van der Waals surface area contributed by atoms with Crippen molar-refractivity contribution in [3.05, 3.63) is 175 Å². The van der Waals surface area contributed by atoms with Gasteiger partial charge < -0.3 is 0 Å². The Labute approximate surface area is 297 Å². The summed E-state index contributed by atoms with van der Waals surface area (Å²) < 4.78 is 0. The average Bonchev–Trinajstić information content (AvgIpc) is 3.43. The quantitative estimate of drug-likeness (QED) is 0.190. The molecule has 240 valence electrons. The number of rotatable bonds is 4. The highest BCUT2D eigenvalue weighted by atomic mass is 14.9. The van der Waals surface area contributed by atoms with Gasteiger partial charge in [0.2, 0.25) is 0 Å². The van der Waals surface area contributed by atoms with Gasteiger partial charge >= 0.3 is 0 Å². The highest BCUT2D eigenvalue weighted by Gasteiger charge is 2.37. The van der Waals surface area contributed by atoms with Gasteiger partial charge in [-0.2, -0.15) is 0 Å². The van der Waals surface area contributed by atoms with Gasteiger partial charge in [-0.15, -0.1) is 0 Å². The molecule has 0 N–H and O–H groups in total. The summed E-state index contributed by atoms with van der Waals surface area (Å²) in [4.78, 5) is 15.2. The molecule has 0 amide bonds. The molecule has 10 rings (SSSR count). The van der Waals surface area contributed by atoms with Crippen molar-refractivity contribution in [3.8, 4) is 56.2 Å². The normalized spacial score (nSPS) is 13.1. The van der Waals surface area contributed by atoms with Gasteiger partial charge in [0.15, 0.2) is 5.82 Å². The van der Waals surface area contributed by atoms with E-state index in [4.69, 9.17) is 15.0 Å². The van der Waals surface area contributed by atoms with Crippen LogP contribution in [-0.2, 0) is 5.41 Å². The van der Waals surface area contributed by atoms with Crippen molar-refractivity contribution < 1.29 is 0 Å². The van der Waals surface area contributed by atoms with E-state index in [-0.39, 0.29) is 5.41 Å². The summed E-state index contributed by atoms with van der Waals surface area (Å²) in [5.41, 5.74) is 13.4. The van der Waals surface area contributed by atoms with Gasteiger partial charge in [0, 0.05) is 33.7 Å². The van der Waals surface area contributed by atoms with Crippen molar-refractivity contribution in [2.45, 2.75) is 19.3 Å². The smallest absolute Gasteiger partial charge is 0.161 e. The largest absolute Gasteiger partial charge is 0.256 e.